The van der Waals surface area contributed by atoms with Crippen LogP contribution in [0.5, 0.6) is 0 Å². The Morgan fingerprint density at radius 3 is 2.45 bits per heavy atom. The Hall–Kier alpha value is -3.06. The van der Waals surface area contributed by atoms with Crippen LogP contribution in [0.2, 0.25) is 0 Å². The van der Waals surface area contributed by atoms with Crippen molar-refractivity contribution in [1.29, 1.82) is 0 Å². The lowest BCUT2D eigenvalue weighted by Crippen LogP contribution is -2.24. The molecule has 7 heteroatoms. The fourth-order valence-electron chi connectivity index (χ4n) is 4.01. The molecule has 2 aromatic carbocycles. The third-order valence-corrected chi connectivity index (χ3v) is 6.77. The number of amides is 1. The number of ketones is 1. The quantitative estimate of drug-likeness (QED) is 0.146. The molecule has 0 aliphatic rings. The van der Waals surface area contributed by atoms with Gasteiger partial charge in [0, 0.05) is 34.5 Å². The number of aryl methyl sites for hydroxylation is 1. The monoisotopic (exact) mass is 466 g/mol. The molecule has 0 unspecified atom stereocenters. The molecule has 0 aliphatic carbocycles. The number of thioether (sulfide) groups is 1. The van der Waals surface area contributed by atoms with Crippen LogP contribution >= 0.6 is 11.8 Å². The molecule has 0 saturated carbocycles. The van der Waals surface area contributed by atoms with E-state index in [1.807, 2.05) is 50.2 Å². The van der Waals surface area contributed by atoms with Gasteiger partial charge in [0.15, 0.2) is 0 Å². The largest absolute Gasteiger partial charge is 0.466 e. The minimum Gasteiger partial charge on any atom is -0.466 e. The number of hydrogen-bond donors (Lipinski definition) is 1. The van der Waals surface area contributed by atoms with Crippen LogP contribution in [0.3, 0.4) is 0 Å². The highest BCUT2D eigenvalue weighted by molar-refractivity contribution is 7.99. The van der Waals surface area contributed by atoms with Crippen molar-refractivity contribution < 1.29 is 19.1 Å². The summed E-state index contributed by atoms with van der Waals surface area (Å²) in [7, 11) is 0. The van der Waals surface area contributed by atoms with Gasteiger partial charge in [-0.05, 0) is 55.7 Å². The summed E-state index contributed by atoms with van der Waals surface area (Å²) in [6, 6.07) is 14.1. The number of aromatic nitrogens is 1. The summed E-state index contributed by atoms with van der Waals surface area (Å²) < 4.78 is 7.10. The third kappa shape index (κ3) is 5.66. The third-order valence-electron chi connectivity index (χ3n) is 5.53. The lowest BCUT2D eigenvalue weighted by Gasteiger charge is -2.12. The number of rotatable bonds is 11. The molecule has 33 heavy (non-hydrogen) atoms. The van der Waals surface area contributed by atoms with E-state index in [0.29, 0.717) is 38.0 Å². The Kier molecular flexibility index (Phi) is 8.33. The second-order valence-electron chi connectivity index (χ2n) is 7.83. The van der Waals surface area contributed by atoms with E-state index < -0.39 is 11.7 Å². The van der Waals surface area contributed by atoms with Gasteiger partial charge in [-0.2, -0.15) is 0 Å². The van der Waals surface area contributed by atoms with Gasteiger partial charge in [-0.15, -0.1) is 11.8 Å². The normalized spacial score (nSPS) is 11.0. The molecule has 0 saturated heterocycles. The van der Waals surface area contributed by atoms with Crippen LogP contribution in [0.15, 0.2) is 47.4 Å². The van der Waals surface area contributed by atoms with Gasteiger partial charge in [-0.3, -0.25) is 14.4 Å². The fourth-order valence-corrected chi connectivity index (χ4v) is 5.01. The SMILES string of the molecule is CCOC(=O)CCCSc1cc2c(C(=O)C(N)=O)c(CC)n(Cc3ccccc3)c2cc1C. The number of carbonyl (C=O) groups is 3. The maximum absolute atomic E-state index is 12.9. The molecule has 0 bridgehead atoms. The van der Waals surface area contributed by atoms with E-state index in [1.54, 1.807) is 18.7 Å². The fraction of sp³-hybridized carbons (Fsp3) is 0.346. The number of hydrogen-bond acceptors (Lipinski definition) is 5. The van der Waals surface area contributed by atoms with Crippen LogP contribution in [-0.4, -0.2) is 34.6 Å². The number of benzene rings is 2. The number of carbonyl (C=O) groups excluding carboxylic acids is 3. The topological polar surface area (TPSA) is 91.4 Å². The summed E-state index contributed by atoms with van der Waals surface area (Å²) in [6.07, 6.45) is 1.67. The summed E-state index contributed by atoms with van der Waals surface area (Å²) in [5.41, 5.74) is 9.72. The van der Waals surface area contributed by atoms with Crippen molar-refractivity contribution in [1.82, 2.24) is 4.57 Å². The number of esters is 1. The summed E-state index contributed by atoms with van der Waals surface area (Å²) in [6.45, 7) is 6.79. The van der Waals surface area contributed by atoms with Crippen molar-refractivity contribution in [3.8, 4) is 0 Å². The van der Waals surface area contributed by atoms with E-state index in [-0.39, 0.29) is 5.97 Å². The number of primary amides is 1. The Balaban J connectivity index is 2.01. The maximum Gasteiger partial charge on any atom is 0.305 e. The number of fused-ring (bicyclic) bond motifs is 1. The second-order valence-corrected chi connectivity index (χ2v) is 8.97. The Labute approximate surface area is 198 Å². The molecule has 0 radical (unpaired) electrons. The van der Waals surface area contributed by atoms with Gasteiger partial charge in [-0.1, -0.05) is 37.3 Å². The van der Waals surface area contributed by atoms with Crippen LogP contribution < -0.4 is 5.73 Å². The molecule has 0 atom stereocenters. The highest BCUT2D eigenvalue weighted by atomic mass is 32.2. The molecule has 3 rings (SSSR count). The molecule has 0 fully saturated rings. The van der Waals surface area contributed by atoms with Crippen LogP contribution in [0.25, 0.3) is 10.9 Å². The minimum atomic E-state index is -0.951. The van der Waals surface area contributed by atoms with Crippen molar-refractivity contribution in [2.45, 2.75) is 51.5 Å². The van der Waals surface area contributed by atoms with Crippen molar-refractivity contribution >= 4 is 40.3 Å². The highest BCUT2D eigenvalue weighted by Crippen LogP contribution is 2.34. The lowest BCUT2D eigenvalue weighted by molar-refractivity contribution is -0.143. The summed E-state index contributed by atoms with van der Waals surface area (Å²) in [5.74, 6) is -1.06. The number of nitrogens with two attached hydrogens (primary N) is 1. The molecule has 174 valence electrons. The first-order chi connectivity index (χ1) is 15.9. The van der Waals surface area contributed by atoms with Gasteiger partial charge >= 0.3 is 5.97 Å². The highest BCUT2D eigenvalue weighted by Gasteiger charge is 2.25. The number of Topliss-reactive ketones (excluding diaryl/α,β-unsaturated/α-hetero) is 1. The Bertz CT molecular complexity index is 1170. The van der Waals surface area contributed by atoms with Crippen LogP contribution in [0.4, 0.5) is 0 Å². The number of nitrogens with zero attached hydrogens (tertiary/aromatic N) is 1. The van der Waals surface area contributed by atoms with Crippen LogP contribution in [-0.2, 0) is 27.3 Å². The van der Waals surface area contributed by atoms with E-state index >= 15 is 0 Å². The molecule has 1 aromatic heterocycles. The molecule has 6 nitrogen and oxygen atoms in total. The van der Waals surface area contributed by atoms with Crippen LogP contribution in [0.1, 0.15) is 53.9 Å². The second kappa shape index (κ2) is 11.2. The van der Waals surface area contributed by atoms with E-state index in [2.05, 4.69) is 10.6 Å². The Morgan fingerprint density at radius 1 is 1.09 bits per heavy atom. The first-order valence-electron chi connectivity index (χ1n) is 11.2. The maximum atomic E-state index is 12.9. The van der Waals surface area contributed by atoms with Gasteiger partial charge in [0.2, 0.25) is 0 Å². The van der Waals surface area contributed by atoms with Crippen molar-refractivity contribution in [3.05, 3.63) is 64.8 Å². The molecular formula is C26H30N2O4S. The lowest BCUT2D eigenvalue weighted by atomic mass is 10.0. The predicted molar refractivity (Wildman–Crippen MR) is 132 cm³/mol. The molecular weight excluding hydrogens is 436 g/mol. The van der Waals surface area contributed by atoms with Crippen molar-refractivity contribution in [2.24, 2.45) is 5.73 Å². The minimum absolute atomic E-state index is 0.190. The van der Waals surface area contributed by atoms with Gasteiger partial charge in [0.25, 0.3) is 11.7 Å². The molecule has 0 aliphatic heterocycles. The molecule has 2 N–H and O–H groups in total. The molecule has 1 heterocycles. The van der Waals surface area contributed by atoms with E-state index in [1.165, 1.54) is 0 Å². The first-order valence-corrected chi connectivity index (χ1v) is 12.2. The average molecular weight is 467 g/mol. The summed E-state index contributed by atoms with van der Waals surface area (Å²) in [4.78, 5) is 37.3. The van der Waals surface area contributed by atoms with Crippen molar-refractivity contribution in [2.75, 3.05) is 12.4 Å². The van der Waals surface area contributed by atoms with Crippen molar-refractivity contribution in [3.63, 3.8) is 0 Å². The zero-order chi connectivity index (χ0) is 24.0. The van der Waals surface area contributed by atoms with E-state index in [4.69, 9.17) is 10.5 Å². The molecule has 3 aromatic rings. The van der Waals surface area contributed by atoms with Crippen LogP contribution in [0, 0.1) is 6.92 Å². The average Bonchev–Trinajstić information content (AvgIpc) is 3.08. The van der Waals surface area contributed by atoms with E-state index in [9.17, 15) is 14.4 Å². The molecule has 1 amide bonds. The van der Waals surface area contributed by atoms with Gasteiger partial charge < -0.3 is 15.0 Å². The number of ether oxygens (including phenoxy) is 1. The summed E-state index contributed by atoms with van der Waals surface area (Å²) >= 11 is 1.63. The Morgan fingerprint density at radius 2 is 1.82 bits per heavy atom. The summed E-state index contributed by atoms with van der Waals surface area (Å²) in [5, 5.41) is 0.741. The van der Waals surface area contributed by atoms with Gasteiger partial charge in [0.05, 0.1) is 12.2 Å². The zero-order valence-electron chi connectivity index (χ0n) is 19.3. The molecule has 0 spiro atoms. The smallest absolute Gasteiger partial charge is 0.305 e. The first kappa shape index (κ1) is 24.6. The zero-order valence-corrected chi connectivity index (χ0v) is 20.2. The van der Waals surface area contributed by atoms with E-state index in [0.717, 1.165) is 38.4 Å². The van der Waals surface area contributed by atoms with Gasteiger partial charge in [0.1, 0.15) is 0 Å². The predicted octanol–water partition coefficient (Wildman–Crippen LogP) is 4.66. The van der Waals surface area contributed by atoms with Gasteiger partial charge in [-0.25, -0.2) is 0 Å². The standard InChI is InChI=1S/C26H30N2O4S/c1-4-20-24(25(30)26(27)31)19-15-22(33-13-9-12-23(29)32-5-2)17(3)14-21(19)28(20)16-18-10-7-6-8-11-18/h6-8,10-11,14-15H,4-5,9,12-13,16H2,1-3H3,(H2,27,31).